The van der Waals surface area contributed by atoms with Gasteiger partial charge in [-0.05, 0) is 42.3 Å². The molecule has 0 radical (unpaired) electrons. The molecule has 2 nitrogen and oxygen atoms in total. The number of alkyl halides is 4. The number of halogens is 4. The zero-order valence-corrected chi connectivity index (χ0v) is 16.5. The molecule has 0 bridgehead atoms. The number of aryl methyl sites for hydroxylation is 1. The SMILES string of the molecule is Cc1ccc(C(Cl)(COCc2cccc(Oc3ccccc3)c2)C(F)(F)F)cc1. The summed E-state index contributed by atoms with van der Waals surface area (Å²) in [5.74, 6) is 1.24. The number of benzene rings is 3. The van der Waals surface area contributed by atoms with Crippen LogP contribution in [0.2, 0.25) is 0 Å². The van der Waals surface area contributed by atoms with E-state index in [4.69, 9.17) is 21.1 Å². The van der Waals surface area contributed by atoms with Crippen molar-refractivity contribution in [3.05, 3.63) is 95.6 Å². The lowest BCUT2D eigenvalue weighted by Crippen LogP contribution is -2.41. The fraction of sp³-hybridized carbons (Fsp3) is 0.217. The van der Waals surface area contributed by atoms with Crippen LogP contribution < -0.4 is 4.74 Å². The molecule has 0 N–H and O–H groups in total. The largest absolute Gasteiger partial charge is 0.457 e. The molecule has 0 amide bonds. The van der Waals surface area contributed by atoms with Gasteiger partial charge >= 0.3 is 6.18 Å². The molecule has 6 heteroatoms. The van der Waals surface area contributed by atoms with Crippen LogP contribution in [0.3, 0.4) is 0 Å². The summed E-state index contributed by atoms with van der Waals surface area (Å²) in [5.41, 5.74) is 1.49. The molecule has 0 spiro atoms. The van der Waals surface area contributed by atoms with Gasteiger partial charge < -0.3 is 9.47 Å². The topological polar surface area (TPSA) is 18.5 Å². The van der Waals surface area contributed by atoms with E-state index in [0.29, 0.717) is 17.1 Å². The third-order valence-corrected chi connectivity index (χ3v) is 4.95. The van der Waals surface area contributed by atoms with E-state index in [2.05, 4.69) is 0 Å². The molecule has 3 aromatic carbocycles. The predicted octanol–water partition coefficient (Wildman–Crippen LogP) is 7.00. The van der Waals surface area contributed by atoms with Crippen LogP contribution in [0.15, 0.2) is 78.9 Å². The molecule has 29 heavy (non-hydrogen) atoms. The molecule has 0 aliphatic heterocycles. The molecular formula is C23H20ClF3O2. The van der Waals surface area contributed by atoms with E-state index in [0.717, 1.165) is 5.56 Å². The van der Waals surface area contributed by atoms with Gasteiger partial charge in [0.15, 0.2) is 4.87 Å². The third kappa shape index (κ3) is 5.31. The highest BCUT2D eigenvalue weighted by Crippen LogP contribution is 2.45. The number of ether oxygens (including phenoxy) is 2. The molecule has 0 saturated heterocycles. The van der Waals surface area contributed by atoms with Gasteiger partial charge in [-0.1, -0.05) is 60.2 Å². The van der Waals surface area contributed by atoms with E-state index in [1.807, 2.05) is 30.3 Å². The Hall–Kier alpha value is -2.50. The van der Waals surface area contributed by atoms with E-state index in [-0.39, 0.29) is 12.2 Å². The Morgan fingerprint density at radius 1 is 0.828 bits per heavy atom. The Morgan fingerprint density at radius 2 is 1.48 bits per heavy atom. The van der Waals surface area contributed by atoms with Gasteiger partial charge in [0.1, 0.15) is 11.5 Å². The van der Waals surface area contributed by atoms with Crippen molar-refractivity contribution in [1.82, 2.24) is 0 Å². The first kappa shape index (κ1) is 21.2. The predicted molar refractivity (Wildman–Crippen MR) is 107 cm³/mol. The molecule has 0 fully saturated rings. The molecule has 0 aliphatic carbocycles. The first-order valence-electron chi connectivity index (χ1n) is 9.00. The second kappa shape index (κ2) is 8.89. The monoisotopic (exact) mass is 420 g/mol. The fourth-order valence-electron chi connectivity index (χ4n) is 2.78. The molecule has 0 saturated carbocycles. The zero-order chi connectivity index (χ0) is 20.9. The fourth-order valence-corrected chi connectivity index (χ4v) is 2.98. The van der Waals surface area contributed by atoms with Crippen molar-refractivity contribution in [3.8, 4) is 11.5 Å². The first-order chi connectivity index (χ1) is 13.8. The minimum absolute atomic E-state index is 0.0254. The molecule has 3 aromatic rings. The zero-order valence-electron chi connectivity index (χ0n) is 15.7. The number of rotatable bonds is 7. The van der Waals surface area contributed by atoms with Crippen LogP contribution in [-0.4, -0.2) is 12.8 Å². The summed E-state index contributed by atoms with van der Waals surface area (Å²) in [6.07, 6.45) is -4.66. The van der Waals surface area contributed by atoms with Gasteiger partial charge in [-0.2, -0.15) is 13.2 Å². The molecule has 0 aromatic heterocycles. The van der Waals surface area contributed by atoms with Crippen LogP contribution >= 0.6 is 11.6 Å². The van der Waals surface area contributed by atoms with Crippen LogP contribution in [-0.2, 0) is 16.2 Å². The number of hydrogen-bond acceptors (Lipinski definition) is 2. The van der Waals surface area contributed by atoms with Gasteiger partial charge in [0.25, 0.3) is 0 Å². The maximum Gasteiger partial charge on any atom is 0.413 e. The van der Waals surface area contributed by atoms with Crippen molar-refractivity contribution in [2.45, 2.75) is 24.6 Å². The average molecular weight is 421 g/mol. The lowest BCUT2D eigenvalue weighted by atomic mass is 9.97. The summed E-state index contributed by atoms with van der Waals surface area (Å²) < 4.78 is 52.2. The second-order valence-electron chi connectivity index (χ2n) is 6.72. The third-order valence-electron chi connectivity index (χ3n) is 4.41. The maximum atomic E-state index is 13.7. The average Bonchev–Trinajstić information content (AvgIpc) is 2.68. The van der Waals surface area contributed by atoms with Crippen molar-refractivity contribution in [1.29, 1.82) is 0 Å². The van der Waals surface area contributed by atoms with E-state index in [1.165, 1.54) is 12.1 Å². The van der Waals surface area contributed by atoms with Crippen molar-refractivity contribution in [2.75, 3.05) is 6.61 Å². The summed E-state index contributed by atoms with van der Waals surface area (Å²) in [6.45, 7) is 1.07. The molecule has 152 valence electrons. The molecule has 3 rings (SSSR count). The summed E-state index contributed by atoms with van der Waals surface area (Å²) in [6, 6.07) is 22.2. The van der Waals surface area contributed by atoms with Crippen LogP contribution in [0.25, 0.3) is 0 Å². The van der Waals surface area contributed by atoms with Crippen LogP contribution in [0.4, 0.5) is 13.2 Å². The summed E-state index contributed by atoms with van der Waals surface area (Å²) in [5, 5.41) is 0. The summed E-state index contributed by atoms with van der Waals surface area (Å²) >= 11 is 6.02. The quantitative estimate of drug-likeness (QED) is 0.383. The molecule has 0 aliphatic rings. The van der Waals surface area contributed by atoms with Crippen molar-refractivity contribution in [3.63, 3.8) is 0 Å². The van der Waals surface area contributed by atoms with E-state index in [9.17, 15) is 13.2 Å². The van der Waals surface area contributed by atoms with Crippen LogP contribution in [0.5, 0.6) is 11.5 Å². The van der Waals surface area contributed by atoms with Gasteiger partial charge in [0, 0.05) is 0 Å². The van der Waals surface area contributed by atoms with E-state index < -0.39 is 17.7 Å². The first-order valence-corrected chi connectivity index (χ1v) is 9.38. The van der Waals surface area contributed by atoms with Gasteiger partial charge in [0.05, 0.1) is 13.2 Å². The highest BCUT2D eigenvalue weighted by molar-refractivity contribution is 6.24. The molecule has 0 heterocycles. The standard InChI is InChI=1S/C23H20ClF3O2/c1-17-10-12-19(13-11-17)22(24,23(25,26)27)16-28-15-18-6-5-9-21(14-18)29-20-7-3-2-4-8-20/h2-14H,15-16H2,1H3. The van der Waals surface area contributed by atoms with Crippen molar-refractivity contribution in [2.24, 2.45) is 0 Å². The summed E-state index contributed by atoms with van der Waals surface area (Å²) in [4.78, 5) is -2.61. The Balaban J connectivity index is 1.68. The van der Waals surface area contributed by atoms with Gasteiger partial charge in [-0.3, -0.25) is 0 Å². The van der Waals surface area contributed by atoms with Gasteiger partial charge in [-0.15, -0.1) is 11.6 Å². The lowest BCUT2D eigenvalue weighted by Gasteiger charge is -2.30. The Bertz CT molecular complexity index is 927. The van der Waals surface area contributed by atoms with Crippen LogP contribution in [0, 0.1) is 6.92 Å². The normalized spacial score (nSPS) is 13.7. The highest BCUT2D eigenvalue weighted by atomic mass is 35.5. The van der Waals surface area contributed by atoms with Crippen molar-refractivity contribution < 1.29 is 22.6 Å². The van der Waals surface area contributed by atoms with E-state index in [1.54, 1.807) is 43.3 Å². The molecular weight excluding hydrogens is 401 g/mol. The van der Waals surface area contributed by atoms with Gasteiger partial charge in [-0.25, -0.2) is 0 Å². The van der Waals surface area contributed by atoms with E-state index >= 15 is 0 Å². The van der Waals surface area contributed by atoms with Crippen LogP contribution in [0.1, 0.15) is 16.7 Å². The minimum atomic E-state index is -4.66. The summed E-state index contributed by atoms with van der Waals surface area (Å²) in [7, 11) is 0. The number of hydrogen-bond donors (Lipinski definition) is 0. The van der Waals surface area contributed by atoms with Gasteiger partial charge in [0.2, 0.25) is 0 Å². The number of para-hydroxylation sites is 1. The Morgan fingerprint density at radius 3 is 2.14 bits per heavy atom. The molecule has 1 atom stereocenters. The minimum Gasteiger partial charge on any atom is -0.457 e. The Labute approximate surface area is 172 Å². The maximum absolute atomic E-state index is 13.7. The van der Waals surface area contributed by atoms with Crippen molar-refractivity contribution >= 4 is 11.6 Å². The smallest absolute Gasteiger partial charge is 0.413 e. The lowest BCUT2D eigenvalue weighted by molar-refractivity contribution is -0.179. The highest BCUT2D eigenvalue weighted by Gasteiger charge is 2.55. The second-order valence-corrected chi connectivity index (χ2v) is 7.37. The molecule has 1 unspecified atom stereocenters. The Kier molecular flexibility index (Phi) is 6.50.